The van der Waals surface area contributed by atoms with E-state index >= 15 is 0 Å². The van der Waals surface area contributed by atoms with Crippen LogP contribution in [0.1, 0.15) is 59.3 Å². The Morgan fingerprint density at radius 1 is 1.14 bits per heavy atom. The molecule has 28 heavy (non-hydrogen) atoms. The molecule has 0 radical (unpaired) electrons. The molecule has 7 nitrogen and oxygen atoms in total. The van der Waals surface area contributed by atoms with Crippen molar-refractivity contribution in [2.24, 2.45) is 7.05 Å². The first kappa shape index (κ1) is 15.8. The van der Waals surface area contributed by atoms with E-state index in [9.17, 15) is 4.79 Å². The molecule has 0 aliphatic heterocycles. The van der Waals surface area contributed by atoms with Crippen molar-refractivity contribution in [2.75, 3.05) is 5.32 Å². The van der Waals surface area contributed by atoms with Gasteiger partial charge in [-0.2, -0.15) is 0 Å². The molecular formula is C21H19N5O2. The lowest BCUT2D eigenvalue weighted by Gasteiger charge is -2.08. The highest BCUT2D eigenvalue weighted by Gasteiger charge is 2.34. The van der Waals surface area contributed by atoms with Crippen LogP contribution in [-0.4, -0.2) is 25.6 Å². The number of anilines is 1. The predicted molar refractivity (Wildman–Crippen MR) is 104 cm³/mol. The monoisotopic (exact) mass is 373 g/mol. The largest absolute Gasteiger partial charge is 0.335 e. The van der Waals surface area contributed by atoms with Gasteiger partial charge in [0.05, 0.1) is 27.7 Å². The van der Waals surface area contributed by atoms with Gasteiger partial charge in [0.15, 0.2) is 0 Å². The van der Waals surface area contributed by atoms with E-state index in [-0.39, 0.29) is 5.91 Å². The first-order valence-electron chi connectivity index (χ1n) is 9.72. The minimum absolute atomic E-state index is 0.196. The number of pyridine rings is 1. The highest BCUT2D eigenvalue weighted by atomic mass is 16.5. The highest BCUT2D eigenvalue weighted by molar-refractivity contribution is 6.12. The maximum absolute atomic E-state index is 13.3. The Morgan fingerprint density at radius 3 is 2.68 bits per heavy atom. The minimum Gasteiger partial charge on any atom is -0.335 e. The second kappa shape index (κ2) is 5.64. The number of amides is 1. The van der Waals surface area contributed by atoms with Gasteiger partial charge in [0.1, 0.15) is 0 Å². The Bertz CT molecular complexity index is 1250. The number of benzene rings is 1. The molecule has 2 fully saturated rings. The summed E-state index contributed by atoms with van der Waals surface area (Å²) in [5, 5.41) is 7.98. The normalized spacial score (nSPS) is 16.8. The van der Waals surface area contributed by atoms with Crippen molar-refractivity contribution < 1.29 is 9.32 Å². The number of hydrogen-bond acceptors (Lipinski definition) is 5. The molecule has 140 valence electrons. The summed E-state index contributed by atoms with van der Waals surface area (Å²) < 4.78 is 7.41. The van der Waals surface area contributed by atoms with E-state index in [1.165, 1.54) is 0 Å². The standard InChI is InChI=1S/C21H19N5O2/c1-26-16-5-3-2-4-14(16)23-21(26)24-19(27)13-10-15(11-6-7-11)22-20-17(13)18(25-28-20)12-8-9-12/h2-5,10-12H,6-9H2,1H3,(H,23,24,27). The van der Waals surface area contributed by atoms with Gasteiger partial charge in [0.25, 0.3) is 11.6 Å². The summed E-state index contributed by atoms with van der Waals surface area (Å²) in [6, 6.07) is 9.74. The smallest absolute Gasteiger partial charge is 0.259 e. The Morgan fingerprint density at radius 2 is 1.93 bits per heavy atom. The average Bonchev–Trinajstić information content (AvgIpc) is 3.64. The first-order valence-corrected chi connectivity index (χ1v) is 9.72. The molecule has 2 aliphatic rings. The molecule has 3 aromatic heterocycles. The third kappa shape index (κ3) is 2.42. The van der Waals surface area contributed by atoms with Crippen molar-refractivity contribution in [3.63, 3.8) is 0 Å². The van der Waals surface area contributed by atoms with Crippen LogP contribution in [0.5, 0.6) is 0 Å². The molecule has 4 aromatic rings. The highest BCUT2D eigenvalue weighted by Crippen LogP contribution is 2.45. The quantitative estimate of drug-likeness (QED) is 0.582. The molecule has 0 saturated heterocycles. The Balaban J connectivity index is 1.46. The van der Waals surface area contributed by atoms with Crippen molar-refractivity contribution in [1.82, 2.24) is 19.7 Å². The van der Waals surface area contributed by atoms with E-state index in [1.807, 2.05) is 41.9 Å². The van der Waals surface area contributed by atoms with Crippen LogP contribution in [-0.2, 0) is 7.05 Å². The lowest BCUT2D eigenvalue weighted by molar-refractivity contribution is 0.102. The second-order valence-electron chi connectivity index (χ2n) is 7.83. The van der Waals surface area contributed by atoms with Gasteiger partial charge < -0.3 is 9.09 Å². The minimum atomic E-state index is -0.196. The molecule has 3 heterocycles. The van der Waals surface area contributed by atoms with Gasteiger partial charge >= 0.3 is 0 Å². The van der Waals surface area contributed by atoms with Crippen LogP contribution in [0.3, 0.4) is 0 Å². The number of hydrogen-bond donors (Lipinski definition) is 1. The fourth-order valence-corrected chi connectivity index (χ4v) is 3.82. The number of rotatable bonds is 4. The number of aryl methyl sites for hydroxylation is 1. The predicted octanol–water partition coefficient (Wildman–Crippen LogP) is 4.12. The number of para-hydroxylation sites is 2. The number of fused-ring (bicyclic) bond motifs is 2. The molecule has 2 aliphatic carbocycles. The van der Waals surface area contributed by atoms with E-state index in [4.69, 9.17) is 4.52 Å². The van der Waals surface area contributed by atoms with Gasteiger partial charge in [-0.1, -0.05) is 17.3 Å². The van der Waals surface area contributed by atoms with E-state index in [2.05, 4.69) is 20.4 Å². The third-order valence-corrected chi connectivity index (χ3v) is 5.71. The van der Waals surface area contributed by atoms with Crippen LogP contribution >= 0.6 is 0 Å². The molecular weight excluding hydrogens is 354 g/mol. The summed E-state index contributed by atoms with van der Waals surface area (Å²) in [7, 11) is 1.90. The van der Waals surface area contributed by atoms with Crippen LogP contribution in [0.25, 0.3) is 22.1 Å². The zero-order chi connectivity index (χ0) is 18.8. The van der Waals surface area contributed by atoms with Crippen LogP contribution < -0.4 is 5.32 Å². The molecule has 0 bridgehead atoms. The van der Waals surface area contributed by atoms with Crippen LogP contribution in [0.15, 0.2) is 34.9 Å². The molecule has 1 amide bonds. The maximum atomic E-state index is 13.3. The molecule has 2 saturated carbocycles. The summed E-state index contributed by atoms with van der Waals surface area (Å²) in [5.41, 5.74) is 4.66. The maximum Gasteiger partial charge on any atom is 0.259 e. The summed E-state index contributed by atoms with van der Waals surface area (Å²) in [4.78, 5) is 22.5. The molecule has 0 atom stereocenters. The van der Waals surface area contributed by atoms with Crippen LogP contribution in [0, 0.1) is 0 Å². The summed E-state index contributed by atoms with van der Waals surface area (Å²) >= 11 is 0. The number of carbonyl (C=O) groups excluding carboxylic acids is 1. The van der Waals surface area contributed by atoms with Crippen LogP contribution in [0.2, 0.25) is 0 Å². The number of nitrogens with one attached hydrogen (secondary N) is 1. The Labute approximate surface area is 160 Å². The molecule has 1 aromatic carbocycles. The zero-order valence-corrected chi connectivity index (χ0v) is 15.5. The lowest BCUT2D eigenvalue weighted by Crippen LogP contribution is -2.16. The van der Waals surface area contributed by atoms with Gasteiger partial charge in [0.2, 0.25) is 5.95 Å². The van der Waals surface area contributed by atoms with Crippen molar-refractivity contribution in [3.05, 3.63) is 47.3 Å². The van der Waals surface area contributed by atoms with Crippen molar-refractivity contribution in [2.45, 2.75) is 37.5 Å². The Hall–Kier alpha value is -3.22. The third-order valence-electron chi connectivity index (χ3n) is 5.71. The van der Waals surface area contributed by atoms with E-state index in [0.29, 0.717) is 29.1 Å². The molecule has 0 spiro atoms. The van der Waals surface area contributed by atoms with Crippen molar-refractivity contribution in [3.8, 4) is 0 Å². The number of imidazole rings is 1. The summed E-state index contributed by atoms with van der Waals surface area (Å²) in [6.45, 7) is 0. The fourth-order valence-electron chi connectivity index (χ4n) is 3.82. The number of aromatic nitrogens is 4. The average molecular weight is 373 g/mol. The number of nitrogens with zero attached hydrogens (tertiary/aromatic N) is 4. The van der Waals surface area contributed by atoms with Crippen LogP contribution in [0.4, 0.5) is 5.95 Å². The molecule has 7 heteroatoms. The SMILES string of the molecule is Cn1c(NC(=O)c2cc(C3CC3)nc3onc(C4CC4)c23)nc2ccccc21. The van der Waals surface area contributed by atoms with Crippen molar-refractivity contribution >= 4 is 34.0 Å². The van der Waals surface area contributed by atoms with Gasteiger partial charge in [0, 0.05) is 24.6 Å². The molecule has 0 unspecified atom stereocenters. The number of carbonyl (C=O) groups is 1. The van der Waals surface area contributed by atoms with E-state index < -0.39 is 0 Å². The van der Waals surface area contributed by atoms with Gasteiger partial charge in [-0.15, -0.1) is 0 Å². The van der Waals surface area contributed by atoms with Crippen molar-refractivity contribution in [1.29, 1.82) is 0 Å². The molecule has 1 N–H and O–H groups in total. The van der Waals surface area contributed by atoms with Gasteiger partial charge in [-0.3, -0.25) is 10.1 Å². The summed E-state index contributed by atoms with van der Waals surface area (Å²) in [6.07, 6.45) is 4.37. The second-order valence-corrected chi connectivity index (χ2v) is 7.83. The summed E-state index contributed by atoms with van der Waals surface area (Å²) in [5.74, 6) is 1.12. The zero-order valence-electron chi connectivity index (χ0n) is 15.5. The Kier molecular flexibility index (Phi) is 3.18. The fraction of sp³-hybridized carbons (Fsp3) is 0.333. The van der Waals surface area contributed by atoms with Gasteiger partial charge in [-0.25, -0.2) is 9.97 Å². The van der Waals surface area contributed by atoms with E-state index in [0.717, 1.165) is 53.5 Å². The molecule has 6 rings (SSSR count). The first-order chi connectivity index (χ1) is 13.7. The topological polar surface area (TPSA) is 85.8 Å². The lowest BCUT2D eigenvalue weighted by atomic mass is 10.1. The van der Waals surface area contributed by atoms with E-state index in [1.54, 1.807) is 0 Å². The van der Waals surface area contributed by atoms with Gasteiger partial charge in [-0.05, 0) is 43.9 Å².